The molecule has 0 bridgehead atoms. The van der Waals surface area contributed by atoms with E-state index in [-0.39, 0.29) is 5.91 Å². The largest absolute Gasteiger partial charge is 0.341 e. The first-order valence-corrected chi connectivity index (χ1v) is 13.2. The Balaban J connectivity index is 1.24. The maximum Gasteiger partial charge on any atom is 0.234 e. The van der Waals surface area contributed by atoms with Gasteiger partial charge in [0.05, 0.1) is 5.75 Å². The molecule has 3 heterocycles. The van der Waals surface area contributed by atoms with Crippen molar-refractivity contribution >= 4 is 66.7 Å². The number of nitrogens with zero attached hydrogens (tertiary/aromatic N) is 3. The molecule has 1 N–H and O–H groups in total. The second-order valence-electron chi connectivity index (χ2n) is 8.40. The van der Waals surface area contributed by atoms with Crippen LogP contribution in [0.15, 0.2) is 53.8 Å². The summed E-state index contributed by atoms with van der Waals surface area (Å²) < 4.78 is 2.31. The minimum atomic E-state index is -0.0190. The van der Waals surface area contributed by atoms with Crippen LogP contribution in [0.5, 0.6) is 0 Å². The first-order chi connectivity index (χ1) is 16.2. The third-order valence-corrected chi connectivity index (χ3v) is 8.62. The number of thioether (sulfide) groups is 1. The number of rotatable bonds is 5. The minimum Gasteiger partial charge on any atom is -0.341 e. The normalized spacial score (nSPS) is 13.6. The average Bonchev–Trinajstić information content (AvgIpc) is 3.38. The van der Waals surface area contributed by atoms with Crippen molar-refractivity contribution in [2.75, 3.05) is 11.1 Å². The highest BCUT2D eigenvalue weighted by atomic mass is 32.2. The average molecular weight is 473 g/mol. The highest BCUT2D eigenvalue weighted by molar-refractivity contribution is 8.00. The number of para-hydroxylation sites is 1. The zero-order valence-electron chi connectivity index (χ0n) is 18.4. The second kappa shape index (κ2) is 8.47. The number of hydrogen-bond donors (Lipinski definition) is 1. The van der Waals surface area contributed by atoms with Gasteiger partial charge in [-0.2, -0.15) is 0 Å². The number of carbonyl (C=O) groups excluding carboxylic acids is 1. The van der Waals surface area contributed by atoms with Crippen molar-refractivity contribution in [2.45, 2.75) is 44.2 Å². The Morgan fingerprint density at radius 1 is 1.09 bits per heavy atom. The van der Waals surface area contributed by atoms with Gasteiger partial charge in [-0.05, 0) is 62.4 Å². The molecular weight excluding hydrogens is 448 g/mol. The predicted octanol–water partition coefficient (Wildman–Crippen LogP) is 6.43. The molecule has 6 rings (SSSR count). The SMILES string of the molecule is CCn1c2ccccc2c2cc(NC(=O)CSc3ncnc4sc5c(c34)CCCC5)ccc21. The van der Waals surface area contributed by atoms with Crippen molar-refractivity contribution in [3.8, 4) is 0 Å². The van der Waals surface area contributed by atoms with E-state index in [1.807, 2.05) is 6.07 Å². The van der Waals surface area contributed by atoms with E-state index in [0.717, 1.165) is 34.9 Å². The molecule has 166 valence electrons. The Kier molecular flexibility index (Phi) is 5.31. The van der Waals surface area contributed by atoms with Gasteiger partial charge in [-0.3, -0.25) is 4.79 Å². The van der Waals surface area contributed by atoms with Crippen LogP contribution in [-0.2, 0) is 24.2 Å². The highest BCUT2D eigenvalue weighted by Crippen LogP contribution is 2.39. The number of benzene rings is 2. The summed E-state index contributed by atoms with van der Waals surface area (Å²) >= 11 is 3.30. The van der Waals surface area contributed by atoms with Gasteiger partial charge in [0.1, 0.15) is 16.2 Å². The first kappa shape index (κ1) is 20.7. The molecule has 0 spiro atoms. The highest BCUT2D eigenvalue weighted by Gasteiger charge is 2.20. The summed E-state index contributed by atoms with van der Waals surface area (Å²) in [6.07, 6.45) is 6.32. The van der Waals surface area contributed by atoms with E-state index >= 15 is 0 Å². The van der Waals surface area contributed by atoms with E-state index in [9.17, 15) is 4.79 Å². The van der Waals surface area contributed by atoms with Gasteiger partial charge in [-0.15, -0.1) is 11.3 Å². The molecule has 0 fully saturated rings. The van der Waals surface area contributed by atoms with Gasteiger partial charge in [-0.25, -0.2) is 9.97 Å². The molecule has 0 saturated carbocycles. The van der Waals surface area contributed by atoms with Gasteiger partial charge in [0, 0.05) is 44.3 Å². The molecule has 0 atom stereocenters. The number of hydrogen-bond acceptors (Lipinski definition) is 5. The summed E-state index contributed by atoms with van der Waals surface area (Å²) in [4.78, 5) is 24.4. The smallest absolute Gasteiger partial charge is 0.234 e. The Labute approximate surface area is 200 Å². The van der Waals surface area contributed by atoms with Crippen molar-refractivity contribution in [2.24, 2.45) is 0 Å². The van der Waals surface area contributed by atoms with Crippen LogP contribution < -0.4 is 5.32 Å². The third-order valence-electron chi connectivity index (χ3n) is 6.43. The number of thiophene rings is 1. The monoisotopic (exact) mass is 472 g/mol. The molecule has 0 saturated heterocycles. The lowest BCUT2D eigenvalue weighted by Crippen LogP contribution is -2.14. The number of aromatic nitrogens is 3. The van der Waals surface area contributed by atoms with E-state index in [4.69, 9.17) is 0 Å². The van der Waals surface area contributed by atoms with E-state index in [1.54, 1.807) is 17.7 Å². The molecule has 5 aromatic rings. The lowest BCUT2D eigenvalue weighted by Gasteiger charge is -2.11. The maximum atomic E-state index is 12.8. The van der Waals surface area contributed by atoms with Crippen LogP contribution in [0, 0.1) is 0 Å². The van der Waals surface area contributed by atoms with E-state index < -0.39 is 0 Å². The van der Waals surface area contributed by atoms with Crippen molar-refractivity contribution < 1.29 is 4.79 Å². The Hall–Kier alpha value is -2.90. The molecule has 1 aliphatic carbocycles. The first-order valence-electron chi connectivity index (χ1n) is 11.4. The van der Waals surface area contributed by atoms with Gasteiger partial charge >= 0.3 is 0 Å². The molecular formula is C26H24N4OS2. The summed E-state index contributed by atoms with van der Waals surface area (Å²) in [5.41, 5.74) is 4.65. The number of anilines is 1. The molecule has 2 aromatic carbocycles. The fourth-order valence-corrected chi connectivity index (χ4v) is 7.09. The third kappa shape index (κ3) is 3.60. The van der Waals surface area contributed by atoms with E-state index in [1.165, 1.54) is 62.2 Å². The zero-order chi connectivity index (χ0) is 22.4. The Bertz CT molecular complexity index is 1520. The van der Waals surface area contributed by atoms with Gasteiger partial charge in [0.2, 0.25) is 5.91 Å². The molecule has 0 aliphatic heterocycles. The van der Waals surface area contributed by atoms with Crippen LogP contribution in [0.2, 0.25) is 0 Å². The molecule has 5 nitrogen and oxygen atoms in total. The Morgan fingerprint density at radius 2 is 1.94 bits per heavy atom. The number of carbonyl (C=O) groups is 1. The summed E-state index contributed by atoms with van der Waals surface area (Å²) in [6.45, 7) is 3.07. The quantitative estimate of drug-likeness (QED) is 0.237. The lowest BCUT2D eigenvalue weighted by molar-refractivity contribution is -0.113. The van der Waals surface area contributed by atoms with Crippen molar-refractivity contribution in [3.63, 3.8) is 0 Å². The topological polar surface area (TPSA) is 59.8 Å². The summed E-state index contributed by atoms with van der Waals surface area (Å²) in [5.74, 6) is 0.306. The van der Waals surface area contributed by atoms with Crippen molar-refractivity contribution in [1.29, 1.82) is 0 Å². The van der Waals surface area contributed by atoms with Crippen LogP contribution in [0.1, 0.15) is 30.2 Å². The number of fused-ring (bicyclic) bond motifs is 6. The summed E-state index contributed by atoms with van der Waals surface area (Å²) in [7, 11) is 0. The number of aryl methyl sites for hydroxylation is 3. The Morgan fingerprint density at radius 3 is 2.85 bits per heavy atom. The van der Waals surface area contributed by atoms with Gasteiger partial charge < -0.3 is 9.88 Å². The number of nitrogens with one attached hydrogen (secondary N) is 1. The van der Waals surface area contributed by atoms with Crippen molar-refractivity contribution in [1.82, 2.24) is 14.5 Å². The fraction of sp³-hybridized carbons (Fsp3) is 0.269. The van der Waals surface area contributed by atoms with Crippen LogP contribution in [0.3, 0.4) is 0 Å². The molecule has 33 heavy (non-hydrogen) atoms. The summed E-state index contributed by atoms with van der Waals surface area (Å²) in [5, 5.41) is 7.57. The second-order valence-corrected chi connectivity index (χ2v) is 10.4. The van der Waals surface area contributed by atoms with Crippen LogP contribution in [0.25, 0.3) is 32.0 Å². The van der Waals surface area contributed by atoms with Gasteiger partial charge in [-0.1, -0.05) is 30.0 Å². The molecule has 0 unspecified atom stereocenters. The van der Waals surface area contributed by atoms with Gasteiger partial charge in [0.15, 0.2) is 0 Å². The predicted molar refractivity (Wildman–Crippen MR) is 139 cm³/mol. The molecule has 1 aliphatic rings. The molecule has 7 heteroatoms. The van der Waals surface area contributed by atoms with E-state index in [2.05, 4.69) is 63.2 Å². The molecule has 0 radical (unpaired) electrons. The van der Waals surface area contributed by atoms with Crippen LogP contribution in [0.4, 0.5) is 5.69 Å². The van der Waals surface area contributed by atoms with Crippen molar-refractivity contribution in [3.05, 3.63) is 59.2 Å². The zero-order valence-corrected chi connectivity index (χ0v) is 20.1. The summed E-state index contributed by atoms with van der Waals surface area (Å²) in [6, 6.07) is 14.6. The number of amides is 1. The van der Waals surface area contributed by atoms with Crippen LogP contribution >= 0.6 is 23.1 Å². The molecule has 1 amide bonds. The van der Waals surface area contributed by atoms with Gasteiger partial charge in [0.25, 0.3) is 0 Å². The fourth-order valence-electron chi connectivity index (χ4n) is 4.97. The maximum absolute atomic E-state index is 12.8. The lowest BCUT2D eigenvalue weighted by atomic mass is 9.97. The molecule has 3 aromatic heterocycles. The standard InChI is InChI=1S/C26H24N4OS2/c1-2-30-20-9-5-3-7-17(20)19-13-16(11-12-21(19)30)29-23(31)14-32-25-24-18-8-4-6-10-22(18)33-26(24)28-15-27-25/h3,5,7,9,11-13,15H,2,4,6,8,10,14H2,1H3,(H,29,31). The van der Waals surface area contributed by atoms with E-state index in [0.29, 0.717) is 5.75 Å². The minimum absolute atomic E-state index is 0.0190. The van der Waals surface area contributed by atoms with Crippen LogP contribution in [-0.4, -0.2) is 26.2 Å².